The standard InChI is InChI=1S/C21H21N3O4/c1-28-21(27)17-13-24(18-10-6-5-9-16(17)18)14-19(25)22-11-12-23-20(26)15-7-3-2-4-8-15/h2-10,13H,11-12,14H2,1H3,(H,22,25)(H,23,26). The van der Waals surface area contributed by atoms with Crippen LogP contribution in [0, 0.1) is 0 Å². The molecular formula is C21H21N3O4. The molecular weight excluding hydrogens is 358 g/mol. The Kier molecular flexibility index (Phi) is 6.06. The van der Waals surface area contributed by atoms with E-state index in [1.54, 1.807) is 35.0 Å². The molecule has 7 nitrogen and oxygen atoms in total. The van der Waals surface area contributed by atoms with Crippen LogP contribution in [0.15, 0.2) is 60.8 Å². The van der Waals surface area contributed by atoms with E-state index < -0.39 is 5.97 Å². The normalized spacial score (nSPS) is 10.5. The number of para-hydroxylation sites is 1. The van der Waals surface area contributed by atoms with Gasteiger partial charge in [-0.25, -0.2) is 4.79 Å². The highest BCUT2D eigenvalue weighted by atomic mass is 16.5. The van der Waals surface area contributed by atoms with Crippen LogP contribution in [0.1, 0.15) is 20.7 Å². The first-order chi connectivity index (χ1) is 13.6. The van der Waals surface area contributed by atoms with E-state index in [0.29, 0.717) is 24.2 Å². The number of benzene rings is 2. The molecule has 0 atom stereocenters. The molecule has 2 N–H and O–H groups in total. The number of carbonyl (C=O) groups excluding carboxylic acids is 3. The van der Waals surface area contributed by atoms with Crippen molar-refractivity contribution in [3.8, 4) is 0 Å². The Hall–Kier alpha value is -3.61. The van der Waals surface area contributed by atoms with Gasteiger partial charge >= 0.3 is 5.97 Å². The summed E-state index contributed by atoms with van der Waals surface area (Å²) in [5.74, 6) is -0.848. The van der Waals surface area contributed by atoms with Gasteiger partial charge in [-0.15, -0.1) is 0 Å². The van der Waals surface area contributed by atoms with E-state index in [2.05, 4.69) is 10.6 Å². The van der Waals surface area contributed by atoms with Crippen molar-refractivity contribution in [1.82, 2.24) is 15.2 Å². The van der Waals surface area contributed by atoms with Crippen LogP contribution in [0.5, 0.6) is 0 Å². The van der Waals surface area contributed by atoms with Gasteiger partial charge in [-0.05, 0) is 18.2 Å². The SMILES string of the molecule is COC(=O)c1cn(CC(=O)NCCNC(=O)c2ccccc2)c2ccccc12. The Bertz CT molecular complexity index is 995. The molecule has 0 spiro atoms. The lowest BCUT2D eigenvalue weighted by molar-refractivity contribution is -0.121. The first-order valence-electron chi connectivity index (χ1n) is 8.86. The highest BCUT2D eigenvalue weighted by Crippen LogP contribution is 2.21. The number of rotatable bonds is 7. The summed E-state index contributed by atoms with van der Waals surface area (Å²) >= 11 is 0. The van der Waals surface area contributed by atoms with Crippen LogP contribution in [0.25, 0.3) is 10.9 Å². The van der Waals surface area contributed by atoms with Gasteiger partial charge in [0.15, 0.2) is 0 Å². The highest BCUT2D eigenvalue weighted by Gasteiger charge is 2.16. The highest BCUT2D eigenvalue weighted by molar-refractivity contribution is 6.04. The molecule has 2 amide bonds. The molecule has 0 aliphatic rings. The second-order valence-corrected chi connectivity index (χ2v) is 6.15. The van der Waals surface area contributed by atoms with Crippen molar-refractivity contribution in [1.29, 1.82) is 0 Å². The fraction of sp³-hybridized carbons (Fsp3) is 0.190. The van der Waals surface area contributed by atoms with E-state index in [9.17, 15) is 14.4 Å². The summed E-state index contributed by atoms with van der Waals surface area (Å²) in [6, 6.07) is 16.2. The molecule has 0 unspecified atom stereocenters. The van der Waals surface area contributed by atoms with Crippen LogP contribution in [0.3, 0.4) is 0 Å². The van der Waals surface area contributed by atoms with Crippen molar-refractivity contribution < 1.29 is 19.1 Å². The van der Waals surface area contributed by atoms with Gasteiger partial charge in [-0.3, -0.25) is 9.59 Å². The molecule has 1 heterocycles. The van der Waals surface area contributed by atoms with Crippen LogP contribution in [-0.4, -0.2) is 42.6 Å². The topological polar surface area (TPSA) is 89.4 Å². The maximum atomic E-state index is 12.3. The Morgan fingerprint density at radius 1 is 0.929 bits per heavy atom. The van der Waals surface area contributed by atoms with Gasteiger partial charge < -0.3 is 19.9 Å². The number of hydrogen-bond acceptors (Lipinski definition) is 4. The average Bonchev–Trinajstić information content (AvgIpc) is 3.09. The molecule has 0 aliphatic carbocycles. The lowest BCUT2D eigenvalue weighted by Gasteiger charge is -2.08. The fourth-order valence-corrected chi connectivity index (χ4v) is 2.93. The lowest BCUT2D eigenvalue weighted by Crippen LogP contribution is -2.36. The first kappa shape index (κ1) is 19.2. The van der Waals surface area contributed by atoms with Crippen LogP contribution < -0.4 is 10.6 Å². The summed E-state index contributed by atoms with van der Waals surface area (Å²) < 4.78 is 6.52. The molecule has 7 heteroatoms. The Morgan fingerprint density at radius 2 is 1.61 bits per heavy atom. The fourth-order valence-electron chi connectivity index (χ4n) is 2.93. The summed E-state index contributed by atoms with van der Waals surface area (Å²) in [7, 11) is 1.32. The molecule has 0 fully saturated rings. The molecule has 0 saturated heterocycles. The molecule has 3 rings (SSSR count). The van der Waals surface area contributed by atoms with Crippen LogP contribution in [-0.2, 0) is 16.1 Å². The summed E-state index contributed by atoms with van der Waals surface area (Å²) in [6.45, 7) is 0.684. The smallest absolute Gasteiger partial charge is 0.340 e. The van der Waals surface area contributed by atoms with E-state index >= 15 is 0 Å². The zero-order chi connectivity index (χ0) is 19.9. The Morgan fingerprint density at radius 3 is 2.36 bits per heavy atom. The molecule has 0 saturated carbocycles. The van der Waals surface area contributed by atoms with Crippen molar-refractivity contribution >= 4 is 28.7 Å². The zero-order valence-corrected chi connectivity index (χ0v) is 15.5. The summed E-state index contributed by atoms with van der Waals surface area (Å²) in [5, 5.41) is 6.25. The third kappa shape index (κ3) is 4.37. The quantitative estimate of drug-likeness (QED) is 0.485. The van der Waals surface area contributed by atoms with Gasteiger partial charge in [0, 0.05) is 35.8 Å². The first-order valence-corrected chi connectivity index (χ1v) is 8.86. The maximum absolute atomic E-state index is 12.3. The molecule has 0 aliphatic heterocycles. The van der Waals surface area contributed by atoms with Gasteiger partial charge in [-0.2, -0.15) is 0 Å². The minimum absolute atomic E-state index is 0.0597. The van der Waals surface area contributed by atoms with E-state index in [1.165, 1.54) is 7.11 Å². The number of esters is 1. The number of hydrogen-bond donors (Lipinski definition) is 2. The average molecular weight is 379 g/mol. The Balaban J connectivity index is 1.55. The monoisotopic (exact) mass is 379 g/mol. The predicted octanol–water partition coefficient (Wildman–Crippen LogP) is 1.97. The second-order valence-electron chi connectivity index (χ2n) is 6.15. The van der Waals surface area contributed by atoms with Crippen LogP contribution >= 0.6 is 0 Å². The van der Waals surface area contributed by atoms with Crippen LogP contribution in [0.4, 0.5) is 0 Å². The van der Waals surface area contributed by atoms with Gasteiger partial charge in [0.25, 0.3) is 5.91 Å². The number of nitrogens with zero attached hydrogens (tertiary/aromatic N) is 1. The number of carbonyl (C=O) groups is 3. The van der Waals surface area contributed by atoms with Gasteiger partial charge in [0.1, 0.15) is 6.54 Å². The van der Waals surface area contributed by atoms with E-state index in [-0.39, 0.29) is 18.4 Å². The number of methoxy groups -OCH3 is 1. The van der Waals surface area contributed by atoms with Crippen molar-refractivity contribution in [2.24, 2.45) is 0 Å². The molecule has 28 heavy (non-hydrogen) atoms. The third-order valence-corrected chi connectivity index (χ3v) is 4.28. The molecule has 144 valence electrons. The van der Waals surface area contributed by atoms with Crippen molar-refractivity contribution in [2.45, 2.75) is 6.54 Å². The number of ether oxygens (including phenoxy) is 1. The predicted molar refractivity (Wildman–Crippen MR) is 105 cm³/mol. The Labute approximate surface area is 162 Å². The van der Waals surface area contributed by atoms with E-state index in [1.807, 2.05) is 30.3 Å². The summed E-state index contributed by atoms with van der Waals surface area (Å²) in [6.07, 6.45) is 1.62. The largest absolute Gasteiger partial charge is 0.465 e. The minimum atomic E-state index is -0.445. The molecule has 0 radical (unpaired) electrons. The number of fused-ring (bicyclic) bond motifs is 1. The number of nitrogens with one attached hydrogen (secondary N) is 2. The lowest BCUT2D eigenvalue weighted by atomic mass is 10.2. The van der Waals surface area contributed by atoms with E-state index in [4.69, 9.17) is 4.74 Å². The molecule has 1 aromatic heterocycles. The summed E-state index contributed by atoms with van der Waals surface area (Å²) in [4.78, 5) is 36.2. The van der Waals surface area contributed by atoms with E-state index in [0.717, 1.165) is 10.9 Å². The number of aromatic nitrogens is 1. The molecule has 0 bridgehead atoms. The third-order valence-electron chi connectivity index (χ3n) is 4.28. The van der Waals surface area contributed by atoms with Crippen molar-refractivity contribution in [3.63, 3.8) is 0 Å². The second kappa shape index (κ2) is 8.85. The minimum Gasteiger partial charge on any atom is -0.465 e. The van der Waals surface area contributed by atoms with Gasteiger partial charge in [-0.1, -0.05) is 36.4 Å². The zero-order valence-electron chi connectivity index (χ0n) is 15.5. The van der Waals surface area contributed by atoms with Gasteiger partial charge in [0.05, 0.1) is 12.7 Å². The molecule has 3 aromatic rings. The van der Waals surface area contributed by atoms with Crippen molar-refractivity contribution in [2.75, 3.05) is 20.2 Å². The van der Waals surface area contributed by atoms with Crippen molar-refractivity contribution in [3.05, 3.63) is 71.9 Å². The number of amides is 2. The molecule has 2 aromatic carbocycles. The summed E-state index contributed by atoms with van der Waals surface area (Å²) in [5.41, 5.74) is 1.76. The van der Waals surface area contributed by atoms with Gasteiger partial charge in [0.2, 0.25) is 5.91 Å². The maximum Gasteiger partial charge on any atom is 0.340 e. The van der Waals surface area contributed by atoms with Crippen LogP contribution in [0.2, 0.25) is 0 Å².